The third kappa shape index (κ3) is 2.93. The van der Waals surface area contributed by atoms with E-state index in [1.54, 1.807) is 30.3 Å². The Hall–Kier alpha value is -1.87. The number of nitrogens with zero attached hydrogens (tertiary/aromatic N) is 2. The topological polar surface area (TPSA) is 34.9 Å². The zero-order valence-corrected chi connectivity index (χ0v) is 11.9. The van der Waals surface area contributed by atoms with Gasteiger partial charge in [0.2, 0.25) is 0 Å². The van der Waals surface area contributed by atoms with Crippen LogP contribution in [0.4, 0.5) is 0 Å². The van der Waals surface area contributed by atoms with Crippen LogP contribution < -0.4 is 0 Å². The standard InChI is InChI=1S/C15H15ClN2O/c1-10-14(11(2)18(3)17-10)8-9-15(19)12-4-6-13(16)7-5-12/h4-9H,1-3H3/b9-8+. The molecule has 0 atom stereocenters. The molecule has 1 heterocycles. The van der Waals surface area contributed by atoms with Gasteiger partial charge in [-0.05, 0) is 50.3 Å². The number of hydrogen-bond donors (Lipinski definition) is 0. The maximum absolute atomic E-state index is 12.0. The van der Waals surface area contributed by atoms with Gasteiger partial charge in [0.05, 0.1) is 5.69 Å². The van der Waals surface area contributed by atoms with Gasteiger partial charge in [-0.1, -0.05) is 11.6 Å². The SMILES string of the molecule is Cc1nn(C)c(C)c1/C=C/C(=O)c1ccc(Cl)cc1. The minimum absolute atomic E-state index is 0.0423. The Balaban J connectivity index is 2.23. The lowest BCUT2D eigenvalue weighted by Crippen LogP contribution is -1.94. The number of benzene rings is 1. The molecule has 0 aliphatic rings. The van der Waals surface area contributed by atoms with Gasteiger partial charge in [-0.25, -0.2) is 0 Å². The second-order valence-corrected chi connectivity index (χ2v) is 4.85. The normalized spacial score (nSPS) is 11.2. The highest BCUT2D eigenvalue weighted by Gasteiger charge is 2.07. The molecule has 0 fully saturated rings. The summed E-state index contributed by atoms with van der Waals surface area (Å²) in [7, 11) is 1.89. The summed E-state index contributed by atoms with van der Waals surface area (Å²) < 4.78 is 1.81. The van der Waals surface area contributed by atoms with Gasteiger partial charge in [-0.3, -0.25) is 9.48 Å². The fourth-order valence-corrected chi connectivity index (χ4v) is 2.03. The lowest BCUT2D eigenvalue weighted by atomic mass is 10.1. The molecule has 2 aromatic rings. The second-order valence-electron chi connectivity index (χ2n) is 4.41. The van der Waals surface area contributed by atoms with Gasteiger partial charge >= 0.3 is 0 Å². The number of carbonyl (C=O) groups excluding carboxylic acids is 1. The third-order valence-corrected chi connectivity index (χ3v) is 3.35. The number of carbonyl (C=O) groups is 1. The smallest absolute Gasteiger partial charge is 0.185 e. The molecule has 3 nitrogen and oxygen atoms in total. The predicted octanol–water partition coefficient (Wildman–Crippen LogP) is 3.59. The van der Waals surface area contributed by atoms with E-state index in [9.17, 15) is 4.79 Å². The van der Waals surface area contributed by atoms with Crippen molar-refractivity contribution in [2.45, 2.75) is 13.8 Å². The van der Waals surface area contributed by atoms with Crippen molar-refractivity contribution in [1.82, 2.24) is 9.78 Å². The summed E-state index contributed by atoms with van der Waals surface area (Å²) in [4.78, 5) is 12.0. The number of aryl methyl sites for hydroxylation is 2. The minimum Gasteiger partial charge on any atom is -0.289 e. The van der Waals surface area contributed by atoms with Gasteiger partial charge in [0.15, 0.2) is 5.78 Å². The Morgan fingerprint density at radius 3 is 2.42 bits per heavy atom. The Morgan fingerprint density at radius 1 is 1.26 bits per heavy atom. The lowest BCUT2D eigenvalue weighted by molar-refractivity contribution is 0.104. The number of rotatable bonds is 3. The molecule has 0 aliphatic carbocycles. The Morgan fingerprint density at radius 2 is 1.89 bits per heavy atom. The van der Waals surface area contributed by atoms with Crippen LogP contribution in [0.2, 0.25) is 5.02 Å². The minimum atomic E-state index is -0.0423. The fourth-order valence-electron chi connectivity index (χ4n) is 1.90. The highest BCUT2D eigenvalue weighted by Crippen LogP contribution is 2.15. The van der Waals surface area contributed by atoms with Crippen molar-refractivity contribution in [2.75, 3.05) is 0 Å². The summed E-state index contributed by atoms with van der Waals surface area (Å²) in [5, 5.41) is 4.93. The van der Waals surface area contributed by atoms with Crippen molar-refractivity contribution < 1.29 is 4.79 Å². The van der Waals surface area contributed by atoms with E-state index in [2.05, 4.69) is 5.10 Å². The Labute approximate surface area is 117 Å². The molecule has 0 spiro atoms. The van der Waals surface area contributed by atoms with Crippen molar-refractivity contribution >= 4 is 23.5 Å². The first-order valence-electron chi connectivity index (χ1n) is 5.97. The monoisotopic (exact) mass is 274 g/mol. The molecule has 0 unspecified atom stereocenters. The van der Waals surface area contributed by atoms with Crippen molar-refractivity contribution in [3.63, 3.8) is 0 Å². The number of hydrogen-bond acceptors (Lipinski definition) is 2. The van der Waals surface area contributed by atoms with E-state index in [-0.39, 0.29) is 5.78 Å². The van der Waals surface area contributed by atoms with Gasteiger partial charge in [-0.15, -0.1) is 0 Å². The molecule has 0 aliphatic heterocycles. The van der Waals surface area contributed by atoms with Crippen molar-refractivity contribution in [1.29, 1.82) is 0 Å². The van der Waals surface area contributed by atoms with E-state index < -0.39 is 0 Å². The van der Waals surface area contributed by atoms with Gasteiger partial charge < -0.3 is 0 Å². The summed E-state index contributed by atoms with van der Waals surface area (Å²) in [5.41, 5.74) is 3.57. The van der Waals surface area contributed by atoms with Crippen LogP contribution in [-0.2, 0) is 7.05 Å². The molecular weight excluding hydrogens is 260 g/mol. The summed E-state index contributed by atoms with van der Waals surface area (Å²) in [6.07, 6.45) is 3.38. The van der Waals surface area contributed by atoms with Gasteiger partial charge in [0.1, 0.15) is 0 Å². The second kappa shape index (κ2) is 5.41. The van der Waals surface area contributed by atoms with Gasteiger partial charge in [0.25, 0.3) is 0 Å². The number of allylic oxidation sites excluding steroid dienone is 1. The van der Waals surface area contributed by atoms with E-state index >= 15 is 0 Å². The molecule has 98 valence electrons. The van der Waals surface area contributed by atoms with E-state index in [0.29, 0.717) is 10.6 Å². The summed E-state index contributed by atoms with van der Waals surface area (Å²) >= 11 is 5.79. The first-order chi connectivity index (χ1) is 8.99. The molecule has 4 heteroatoms. The van der Waals surface area contributed by atoms with Gasteiger partial charge in [0, 0.05) is 28.9 Å². The number of aromatic nitrogens is 2. The van der Waals surface area contributed by atoms with E-state index in [4.69, 9.17) is 11.6 Å². The lowest BCUT2D eigenvalue weighted by Gasteiger charge is -1.97. The number of halogens is 1. The van der Waals surface area contributed by atoms with Crippen LogP contribution in [-0.4, -0.2) is 15.6 Å². The average molecular weight is 275 g/mol. The number of ketones is 1. The largest absolute Gasteiger partial charge is 0.289 e. The molecule has 0 amide bonds. The fraction of sp³-hybridized carbons (Fsp3) is 0.200. The molecule has 1 aromatic carbocycles. The summed E-state index contributed by atoms with van der Waals surface area (Å²) in [6, 6.07) is 6.86. The molecule has 2 rings (SSSR count). The predicted molar refractivity (Wildman–Crippen MR) is 77.5 cm³/mol. The third-order valence-electron chi connectivity index (χ3n) is 3.10. The molecular formula is C15H15ClN2O. The van der Waals surface area contributed by atoms with Crippen molar-refractivity contribution in [3.05, 3.63) is 57.9 Å². The van der Waals surface area contributed by atoms with E-state index in [1.807, 2.05) is 31.7 Å². The summed E-state index contributed by atoms with van der Waals surface area (Å²) in [5.74, 6) is -0.0423. The maximum atomic E-state index is 12.0. The zero-order valence-electron chi connectivity index (χ0n) is 11.1. The van der Waals surface area contributed by atoms with Crippen LogP contribution >= 0.6 is 11.6 Å². The highest BCUT2D eigenvalue weighted by molar-refractivity contribution is 6.30. The first-order valence-corrected chi connectivity index (χ1v) is 6.35. The molecule has 0 saturated heterocycles. The van der Waals surface area contributed by atoms with Crippen molar-refractivity contribution in [2.24, 2.45) is 7.05 Å². The van der Waals surface area contributed by atoms with E-state index in [0.717, 1.165) is 17.0 Å². The van der Waals surface area contributed by atoms with Crippen molar-refractivity contribution in [3.8, 4) is 0 Å². The van der Waals surface area contributed by atoms with Crippen LogP contribution in [0.25, 0.3) is 6.08 Å². The molecule has 19 heavy (non-hydrogen) atoms. The molecule has 1 aromatic heterocycles. The van der Waals surface area contributed by atoms with E-state index in [1.165, 1.54) is 0 Å². The van der Waals surface area contributed by atoms with Crippen LogP contribution in [0.5, 0.6) is 0 Å². The zero-order chi connectivity index (χ0) is 14.0. The van der Waals surface area contributed by atoms with Crippen LogP contribution in [0, 0.1) is 13.8 Å². The highest BCUT2D eigenvalue weighted by atomic mass is 35.5. The average Bonchev–Trinajstić information content (AvgIpc) is 2.62. The quantitative estimate of drug-likeness (QED) is 0.633. The molecule has 0 N–H and O–H groups in total. The van der Waals surface area contributed by atoms with Gasteiger partial charge in [-0.2, -0.15) is 5.10 Å². The Bertz CT molecular complexity index is 639. The molecule has 0 bridgehead atoms. The molecule has 0 radical (unpaired) electrons. The summed E-state index contributed by atoms with van der Waals surface area (Å²) in [6.45, 7) is 3.91. The van der Waals surface area contributed by atoms with Crippen LogP contribution in [0.3, 0.4) is 0 Å². The Kier molecular flexibility index (Phi) is 3.86. The maximum Gasteiger partial charge on any atom is 0.185 e. The first kappa shape index (κ1) is 13.6. The van der Waals surface area contributed by atoms with Crippen LogP contribution in [0.15, 0.2) is 30.3 Å². The molecule has 0 saturated carbocycles. The van der Waals surface area contributed by atoms with Crippen LogP contribution in [0.1, 0.15) is 27.3 Å².